The van der Waals surface area contributed by atoms with Gasteiger partial charge in [0.1, 0.15) is 4.90 Å². The molecular weight excluding hydrogens is 404 g/mol. The first-order chi connectivity index (χ1) is 13.3. The van der Waals surface area contributed by atoms with E-state index in [-0.39, 0.29) is 15.5 Å². The van der Waals surface area contributed by atoms with Crippen molar-refractivity contribution in [2.75, 3.05) is 25.5 Å². The number of hydrogen-bond acceptors (Lipinski definition) is 5. The van der Waals surface area contributed by atoms with Crippen LogP contribution in [0, 0.1) is 0 Å². The van der Waals surface area contributed by atoms with Gasteiger partial charge in [0, 0.05) is 24.3 Å². The van der Waals surface area contributed by atoms with Gasteiger partial charge in [-0.05, 0) is 55.3 Å². The molecule has 1 heterocycles. The summed E-state index contributed by atoms with van der Waals surface area (Å²) >= 11 is 6.10. The Hall–Kier alpha value is -2.42. The molecule has 0 radical (unpaired) electrons. The van der Waals surface area contributed by atoms with E-state index in [9.17, 15) is 18.0 Å². The van der Waals surface area contributed by atoms with E-state index in [1.165, 1.54) is 41.7 Å². The lowest BCUT2D eigenvalue weighted by Gasteiger charge is -2.17. The number of anilines is 1. The first-order valence-electron chi connectivity index (χ1n) is 8.62. The Morgan fingerprint density at radius 2 is 1.64 bits per heavy atom. The number of amides is 1. The van der Waals surface area contributed by atoms with Crippen molar-refractivity contribution in [1.29, 1.82) is 0 Å². The monoisotopic (exact) mass is 422 g/mol. The van der Waals surface area contributed by atoms with Gasteiger partial charge in [-0.2, -0.15) is 4.31 Å². The van der Waals surface area contributed by atoms with Crippen LogP contribution in [-0.4, -0.2) is 44.8 Å². The molecule has 1 aliphatic rings. The number of ether oxygens (including phenoxy) is 1. The lowest BCUT2D eigenvalue weighted by molar-refractivity contribution is 0.0600. The lowest BCUT2D eigenvalue weighted by atomic mass is 10.2. The maximum atomic E-state index is 12.8. The van der Waals surface area contributed by atoms with Gasteiger partial charge in [-0.1, -0.05) is 11.6 Å². The van der Waals surface area contributed by atoms with E-state index in [0.29, 0.717) is 24.3 Å². The summed E-state index contributed by atoms with van der Waals surface area (Å²) in [6.07, 6.45) is 1.61. The minimum Gasteiger partial charge on any atom is -0.465 e. The van der Waals surface area contributed by atoms with Crippen molar-refractivity contribution in [3.05, 3.63) is 58.6 Å². The normalized spacial score (nSPS) is 14.6. The summed E-state index contributed by atoms with van der Waals surface area (Å²) in [5.74, 6) is -0.965. The summed E-state index contributed by atoms with van der Waals surface area (Å²) in [6, 6.07) is 10.3. The van der Waals surface area contributed by atoms with E-state index in [4.69, 9.17) is 11.6 Å². The van der Waals surface area contributed by atoms with Crippen LogP contribution in [0.1, 0.15) is 33.6 Å². The van der Waals surface area contributed by atoms with Crippen LogP contribution in [-0.2, 0) is 14.8 Å². The molecule has 0 aromatic heterocycles. The second kappa shape index (κ2) is 8.30. The zero-order valence-corrected chi connectivity index (χ0v) is 16.7. The first-order valence-corrected chi connectivity index (χ1v) is 10.4. The maximum absolute atomic E-state index is 12.8. The van der Waals surface area contributed by atoms with Crippen LogP contribution in [0.15, 0.2) is 47.4 Å². The van der Waals surface area contributed by atoms with Crippen LogP contribution in [0.25, 0.3) is 0 Å². The highest BCUT2D eigenvalue weighted by Crippen LogP contribution is 2.28. The van der Waals surface area contributed by atoms with Crippen molar-refractivity contribution >= 4 is 39.2 Å². The van der Waals surface area contributed by atoms with E-state index in [0.717, 1.165) is 12.8 Å². The molecule has 2 aromatic rings. The summed E-state index contributed by atoms with van der Waals surface area (Å²) in [6.45, 7) is 0.892. The fraction of sp³-hybridized carbons (Fsp3) is 0.263. The van der Waals surface area contributed by atoms with Gasteiger partial charge in [-0.15, -0.1) is 0 Å². The largest absolute Gasteiger partial charge is 0.465 e. The highest BCUT2D eigenvalue weighted by atomic mass is 35.5. The molecule has 1 saturated heterocycles. The highest BCUT2D eigenvalue weighted by Gasteiger charge is 2.29. The predicted octanol–water partition coefficient (Wildman–Crippen LogP) is 3.16. The molecule has 7 nitrogen and oxygen atoms in total. The van der Waals surface area contributed by atoms with Crippen molar-refractivity contribution < 1.29 is 22.7 Å². The minimum atomic E-state index is -3.75. The lowest BCUT2D eigenvalue weighted by Crippen LogP contribution is -2.28. The average molecular weight is 423 g/mol. The predicted molar refractivity (Wildman–Crippen MR) is 105 cm³/mol. The topological polar surface area (TPSA) is 92.8 Å². The van der Waals surface area contributed by atoms with Crippen LogP contribution >= 0.6 is 11.6 Å². The van der Waals surface area contributed by atoms with Gasteiger partial charge in [0.05, 0.1) is 17.7 Å². The maximum Gasteiger partial charge on any atom is 0.337 e. The summed E-state index contributed by atoms with van der Waals surface area (Å²) < 4.78 is 31.6. The molecule has 1 aliphatic heterocycles. The van der Waals surface area contributed by atoms with E-state index in [2.05, 4.69) is 10.1 Å². The van der Waals surface area contributed by atoms with Crippen LogP contribution < -0.4 is 5.32 Å². The second-order valence-corrected chi connectivity index (χ2v) is 8.59. The molecular formula is C19H19ClN2O5S. The molecule has 28 heavy (non-hydrogen) atoms. The van der Waals surface area contributed by atoms with Crippen molar-refractivity contribution in [2.45, 2.75) is 17.7 Å². The smallest absolute Gasteiger partial charge is 0.337 e. The van der Waals surface area contributed by atoms with Crippen LogP contribution in [0.2, 0.25) is 5.02 Å². The zero-order valence-electron chi connectivity index (χ0n) is 15.1. The Bertz CT molecular complexity index is 999. The summed E-state index contributed by atoms with van der Waals surface area (Å²) in [5.41, 5.74) is 0.974. The minimum absolute atomic E-state index is 0.0749. The van der Waals surface area contributed by atoms with Crippen molar-refractivity contribution in [3.63, 3.8) is 0 Å². The number of carbonyl (C=O) groups is 2. The van der Waals surface area contributed by atoms with Crippen LogP contribution in [0.5, 0.6) is 0 Å². The number of nitrogens with zero attached hydrogens (tertiary/aromatic N) is 1. The number of esters is 1. The molecule has 9 heteroatoms. The summed E-state index contributed by atoms with van der Waals surface area (Å²) in [7, 11) is -2.46. The molecule has 1 fully saturated rings. The standard InChI is InChI=1S/C19H19ClN2O5S/c1-27-19(24)13-4-7-15(8-5-13)21-18(23)14-6-9-16(20)17(12-14)28(25,26)22-10-2-3-11-22/h4-9,12H,2-3,10-11H2,1H3,(H,21,23). The first kappa shape index (κ1) is 20.3. The fourth-order valence-corrected chi connectivity index (χ4v) is 4.94. The molecule has 0 atom stereocenters. The Labute approximate surface area is 168 Å². The Morgan fingerprint density at radius 1 is 1.04 bits per heavy atom. The van der Waals surface area contributed by atoms with Crippen LogP contribution in [0.4, 0.5) is 5.69 Å². The van der Waals surface area contributed by atoms with Gasteiger partial charge in [0.2, 0.25) is 10.0 Å². The van der Waals surface area contributed by atoms with Gasteiger partial charge in [-0.25, -0.2) is 13.2 Å². The molecule has 0 bridgehead atoms. The number of benzene rings is 2. The molecule has 2 aromatic carbocycles. The van der Waals surface area contributed by atoms with E-state index in [1.807, 2.05) is 0 Å². The van der Waals surface area contributed by atoms with Crippen molar-refractivity contribution in [1.82, 2.24) is 4.31 Å². The van der Waals surface area contributed by atoms with Gasteiger partial charge in [0.25, 0.3) is 5.91 Å². The number of hydrogen-bond donors (Lipinski definition) is 1. The number of halogens is 1. The Balaban J connectivity index is 1.82. The Morgan fingerprint density at radius 3 is 2.25 bits per heavy atom. The number of sulfonamides is 1. The third kappa shape index (κ3) is 4.19. The van der Waals surface area contributed by atoms with Gasteiger partial charge < -0.3 is 10.1 Å². The molecule has 0 spiro atoms. The number of methoxy groups -OCH3 is 1. The van der Waals surface area contributed by atoms with Gasteiger partial charge >= 0.3 is 5.97 Å². The molecule has 0 aliphatic carbocycles. The van der Waals surface area contributed by atoms with E-state index < -0.39 is 21.9 Å². The molecule has 1 N–H and O–H groups in total. The van der Waals surface area contributed by atoms with Crippen molar-refractivity contribution in [3.8, 4) is 0 Å². The summed E-state index contributed by atoms with van der Waals surface area (Å²) in [4.78, 5) is 23.9. The number of carbonyl (C=O) groups excluding carboxylic acids is 2. The number of nitrogens with one attached hydrogen (secondary N) is 1. The average Bonchev–Trinajstić information content (AvgIpc) is 3.24. The van der Waals surface area contributed by atoms with E-state index in [1.54, 1.807) is 12.1 Å². The van der Waals surface area contributed by atoms with Crippen molar-refractivity contribution in [2.24, 2.45) is 0 Å². The summed E-state index contributed by atoms with van der Waals surface area (Å²) in [5, 5.41) is 2.74. The number of rotatable bonds is 5. The fourth-order valence-electron chi connectivity index (χ4n) is 2.92. The molecule has 1 amide bonds. The zero-order chi connectivity index (χ0) is 20.3. The van der Waals surface area contributed by atoms with Gasteiger partial charge in [0.15, 0.2) is 0 Å². The molecule has 0 saturated carbocycles. The quantitative estimate of drug-likeness (QED) is 0.747. The highest BCUT2D eigenvalue weighted by molar-refractivity contribution is 7.89. The third-order valence-electron chi connectivity index (χ3n) is 4.44. The molecule has 0 unspecified atom stereocenters. The Kier molecular flexibility index (Phi) is 6.02. The second-order valence-electron chi connectivity index (χ2n) is 6.28. The SMILES string of the molecule is COC(=O)c1ccc(NC(=O)c2ccc(Cl)c(S(=O)(=O)N3CCCC3)c2)cc1. The third-order valence-corrected chi connectivity index (χ3v) is 6.82. The van der Waals surface area contributed by atoms with Crippen LogP contribution in [0.3, 0.4) is 0 Å². The molecule has 148 valence electrons. The van der Waals surface area contributed by atoms with Gasteiger partial charge in [-0.3, -0.25) is 4.79 Å². The molecule has 3 rings (SSSR count). The van der Waals surface area contributed by atoms with E-state index >= 15 is 0 Å².